The van der Waals surface area contributed by atoms with Gasteiger partial charge in [-0.3, -0.25) is 43.2 Å². The number of hydrogen-bond donors (Lipinski definition) is 8. The molecule has 9 N–H and O–H groups in total. The van der Waals surface area contributed by atoms with Gasteiger partial charge in [0.15, 0.2) is 0 Å². The second-order valence-corrected chi connectivity index (χ2v) is 38.0. The van der Waals surface area contributed by atoms with E-state index in [0.29, 0.717) is 162 Å². The fourth-order valence-electron chi connectivity index (χ4n) is 17.0. The molecule has 2 saturated carbocycles. The fourth-order valence-corrected chi connectivity index (χ4v) is 17.0. The van der Waals surface area contributed by atoms with Gasteiger partial charge in [0.25, 0.3) is 23.6 Å². The number of amides is 8. The van der Waals surface area contributed by atoms with Gasteiger partial charge in [-0.2, -0.15) is 0 Å². The van der Waals surface area contributed by atoms with Crippen LogP contribution in [0.5, 0.6) is 0 Å². The number of benzene rings is 6. The molecule has 39 nitrogen and oxygen atoms in total. The maximum atomic E-state index is 13.4. The number of carbonyl (C=O) groups excluding carboxylic acids is 9. The summed E-state index contributed by atoms with van der Waals surface area (Å²) in [6.07, 6.45) is 24.3. The molecular weight excluding hydrogens is 1950 g/mol. The van der Waals surface area contributed by atoms with Gasteiger partial charge in [-0.05, 0) is 255 Å². The molecule has 150 heavy (non-hydrogen) atoms. The van der Waals surface area contributed by atoms with Crippen LogP contribution in [0.15, 0.2) is 195 Å². The Kier molecular flexibility index (Phi) is 53.9. The molecule has 4 aliphatic heterocycles. The van der Waals surface area contributed by atoms with E-state index in [1.807, 2.05) is 86.1 Å². The van der Waals surface area contributed by atoms with Gasteiger partial charge in [-0.15, -0.1) is 20.4 Å². The number of nitrogens with zero attached hydrogens (tertiary/aromatic N) is 20. The van der Waals surface area contributed by atoms with Crippen LogP contribution in [-0.2, 0) is 28.7 Å². The Morgan fingerprint density at radius 1 is 0.400 bits per heavy atom. The van der Waals surface area contributed by atoms with Crippen molar-refractivity contribution in [3.63, 3.8) is 0 Å². The average molecular weight is 2100 g/mol. The minimum Gasteiger partial charge on any atom is -1.00 e. The van der Waals surface area contributed by atoms with Crippen LogP contribution in [0, 0.1) is 23.5 Å². The Bertz CT molecular complexity index is 5530. The summed E-state index contributed by atoms with van der Waals surface area (Å²) < 4.78 is 36.5. The number of carboxylic acid groups (broad SMARTS) is 1. The van der Waals surface area contributed by atoms with Gasteiger partial charge in [0, 0.05) is 179 Å². The number of aliphatic hydroxyl groups is 2. The molecule has 0 spiro atoms. The minimum atomic E-state index is -0.921. The normalized spacial score (nSPS) is 17.0. The summed E-state index contributed by atoms with van der Waals surface area (Å²) in [7, 11) is 8.12. The standard InChI is InChI=1S/C30H37FN6O2.C20H26N6O4.2C20H28N6O3.C9H10FN.C5H9ClO2.2CH4.B.Na.H/c1-35-17-19-36(20-18-35)30(39)28(33-29(38)23-9-13-26(14-10-23)37-16-15-32-34-37)6-4-2-3-5-24-21-27(24)22-7-11-25(31)12-8-22;1-24-11-13-25(14-12-24)20(30)17(3-2-4-18(27)28)22-19(29)15-5-7-16(8-6-15)26-10-9-21-23-26;2*1-24-11-13-25(14-12-24)20(29)18(4-2-3-15-27)22-19(28)16-5-7-17(8-6-16)26-10-9-21-23-26;10-7-3-1-6(2-4-7)8-5-9(8)11;1-4(2)3-8-5(6)7;;;;;/h7-16,24,27-28H,2-6,17-21H2,1H3,(H,33,38);5-10,17H,2-4,11-14H2,1H3,(H,22,29)(H,27,28);2*5-10,18,27H,2-4,11-15H2,1H3,(H,22,28);1-4,8-9H,5,11H2;4H,3H2,1-2H3;2*1H4;;;/q;;;;;;;;;+1;-1/t24-,27+,28+;17-;2*18-;8?,9-;;;;;;/m00001....../s1. The zero-order valence-corrected chi connectivity index (χ0v) is 88.2. The number of halogens is 3. The van der Waals surface area contributed by atoms with Crippen molar-refractivity contribution in [2.45, 2.75) is 173 Å². The van der Waals surface area contributed by atoms with Crippen molar-refractivity contribution >= 4 is 78.7 Å². The largest absolute Gasteiger partial charge is 1.00 e. The Hall–Kier alpha value is -12.5. The number of nitrogens with one attached hydrogen (secondary N) is 4. The quantitative estimate of drug-likeness (QED) is 0.0113. The van der Waals surface area contributed by atoms with E-state index >= 15 is 0 Å². The number of ether oxygens (including phenoxy) is 1. The Labute approximate surface area is 907 Å². The van der Waals surface area contributed by atoms with Gasteiger partial charge in [-0.25, -0.2) is 32.3 Å². The molecular formula is C106H147BClF2N25NaO14. The van der Waals surface area contributed by atoms with Crippen molar-refractivity contribution in [3.8, 4) is 22.7 Å². The van der Waals surface area contributed by atoms with Crippen molar-refractivity contribution in [1.82, 2.24) is 120 Å². The number of aliphatic hydroxyl groups excluding tert-OH is 2. The summed E-state index contributed by atoms with van der Waals surface area (Å²) >= 11 is 4.86. The molecule has 1 unspecified atom stereocenters. The van der Waals surface area contributed by atoms with Gasteiger partial charge >= 0.3 is 41.0 Å². The number of rotatable bonds is 38. The number of nitrogens with two attached hydrogens (primary N) is 1. The number of aliphatic carboxylic acids is 1. The van der Waals surface area contributed by atoms with E-state index in [-0.39, 0.29) is 139 Å². The molecule has 805 valence electrons. The van der Waals surface area contributed by atoms with Crippen molar-refractivity contribution in [2.24, 2.45) is 17.6 Å². The summed E-state index contributed by atoms with van der Waals surface area (Å²) in [5.74, 6) is -0.679. The first kappa shape index (κ1) is 124. The third-order valence-electron chi connectivity index (χ3n) is 26.1. The molecule has 8 amide bonds. The third kappa shape index (κ3) is 41.0. The van der Waals surface area contributed by atoms with Crippen LogP contribution in [0.2, 0.25) is 0 Å². The predicted octanol–water partition coefficient (Wildman–Crippen LogP) is 6.70. The van der Waals surface area contributed by atoms with Crippen LogP contribution >= 0.6 is 11.6 Å². The van der Waals surface area contributed by atoms with E-state index < -0.39 is 35.6 Å². The minimum absolute atomic E-state index is 0. The monoisotopic (exact) mass is 2100 g/mol. The van der Waals surface area contributed by atoms with E-state index in [1.165, 1.54) is 29.7 Å². The van der Waals surface area contributed by atoms with E-state index in [4.69, 9.17) is 32.7 Å². The molecule has 6 fully saturated rings. The Balaban J connectivity index is 0.000000288. The molecule has 3 radical (unpaired) electrons. The molecule has 8 heterocycles. The zero-order valence-electron chi connectivity index (χ0n) is 86.5. The van der Waals surface area contributed by atoms with E-state index in [2.05, 4.69) is 93.9 Å². The molecule has 10 aromatic rings. The topological polar surface area (TPSA) is 464 Å². The summed E-state index contributed by atoms with van der Waals surface area (Å²) in [6, 6.07) is 39.2. The van der Waals surface area contributed by atoms with Crippen molar-refractivity contribution < 1.29 is 108 Å². The first-order valence-corrected chi connectivity index (χ1v) is 50.4. The molecule has 0 bridgehead atoms. The van der Waals surface area contributed by atoms with Crippen LogP contribution in [0.4, 0.5) is 13.6 Å². The average Bonchev–Trinajstić information content (AvgIpc) is 1.65. The van der Waals surface area contributed by atoms with E-state index in [9.17, 15) is 56.7 Å². The molecule has 2 aliphatic carbocycles. The molecule has 6 aliphatic rings. The second kappa shape index (κ2) is 64.9. The SMILES string of the molecule is C.C.CC(C)COC(=O)Cl.CN1CCN(C(=O)[C@@H](CCCCC[C@H]2C[C@@H]2c2ccc(F)cc2)NC(=O)c2ccc(-n3ccnn3)cc2)CC1.CN1CCN(C(=O)[C@H](CCCC(=O)O)NC(=O)c2ccc(-n3ccnn3)cc2)CC1.CN1CCN(C(=O)[C@H](CCCCO)NC(=O)c2ccc(-n3ccnn3)cc2)CC1.CN1CCN(C(=O)[C@H](CCCCO)NC(=O)c2ccc(-n3ccnn3)cc2)CC1.N[C@@H]1CC1c1ccc(F)cc1.[B].[H-].[Na+]. The summed E-state index contributed by atoms with van der Waals surface area (Å²) in [6.45, 7) is 16.2. The Morgan fingerprint density at radius 2 is 0.667 bits per heavy atom. The predicted molar refractivity (Wildman–Crippen MR) is 565 cm³/mol. The molecule has 4 aromatic heterocycles. The number of unbranched alkanes of at least 4 members (excludes halogenated alkanes) is 4. The van der Waals surface area contributed by atoms with Crippen LogP contribution in [0.25, 0.3) is 22.7 Å². The van der Waals surface area contributed by atoms with Crippen molar-refractivity contribution in [3.05, 3.63) is 240 Å². The molecule has 6 aromatic carbocycles. The van der Waals surface area contributed by atoms with Gasteiger partial charge in [-0.1, -0.05) is 93.1 Å². The van der Waals surface area contributed by atoms with Crippen LogP contribution < -0.4 is 56.6 Å². The maximum Gasteiger partial charge on any atom is 1.00 e. The molecule has 16 rings (SSSR count). The first-order valence-electron chi connectivity index (χ1n) is 50.0. The summed E-state index contributed by atoms with van der Waals surface area (Å²) in [5, 5.41) is 69.5. The fraction of sp³-hybridized carbons (Fsp3) is 0.491. The zero-order chi connectivity index (χ0) is 104. The van der Waals surface area contributed by atoms with Crippen LogP contribution in [0.1, 0.15) is 197 Å². The summed E-state index contributed by atoms with van der Waals surface area (Å²) in [4.78, 5) is 140. The number of carboxylic acids is 1. The smallest absolute Gasteiger partial charge is 1.00 e. The third-order valence-corrected chi connectivity index (χ3v) is 26.2. The van der Waals surface area contributed by atoms with Crippen molar-refractivity contribution in [1.29, 1.82) is 0 Å². The van der Waals surface area contributed by atoms with E-state index in [0.717, 1.165) is 107 Å². The Morgan fingerprint density at radius 3 is 0.900 bits per heavy atom. The molecule has 44 heteroatoms. The maximum absolute atomic E-state index is 13.4. The number of carbonyl (C=O) groups is 10. The van der Waals surface area contributed by atoms with Crippen molar-refractivity contribution in [2.75, 3.05) is 153 Å². The van der Waals surface area contributed by atoms with Gasteiger partial charge in [0.1, 0.15) is 35.8 Å². The van der Waals surface area contributed by atoms with Gasteiger partial charge in [0.2, 0.25) is 23.6 Å². The first-order chi connectivity index (χ1) is 70.5. The molecule has 8 atom stereocenters. The number of piperazine rings is 4. The second-order valence-electron chi connectivity index (χ2n) is 37.7. The van der Waals surface area contributed by atoms with Gasteiger partial charge < -0.3 is 87.7 Å². The summed E-state index contributed by atoms with van der Waals surface area (Å²) in [5.41, 5.74) is 12.4. The molecule has 4 saturated heterocycles. The number of hydrogen-bond acceptors (Lipinski definition) is 26. The van der Waals surface area contributed by atoms with E-state index in [1.54, 1.807) is 170 Å². The van der Waals surface area contributed by atoms with Crippen LogP contribution in [-0.4, -0.2) is 364 Å². The van der Waals surface area contributed by atoms with Crippen LogP contribution in [0.3, 0.4) is 0 Å². The number of aromatic nitrogens is 12. The number of likely N-dealkylation sites (N-methyl/N-ethyl adjacent to an activating group) is 4. The van der Waals surface area contributed by atoms with Gasteiger partial charge in [0.05, 0.1) is 78.9 Å².